The van der Waals surface area contributed by atoms with Crippen LogP contribution in [-0.4, -0.2) is 24.8 Å². The molecule has 2 aromatic heterocycles. The van der Waals surface area contributed by atoms with Crippen molar-refractivity contribution in [2.75, 3.05) is 5.84 Å². The highest BCUT2D eigenvalue weighted by Gasteiger charge is 2.38. The van der Waals surface area contributed by atoms with Gasteiger partial charge < -0.3 is 5.84 Å². The molecule has 2 rings (SSSR count). The van der Waals surface area contributed by atoms with Crippen LogP contribution in [0.4, 0.5) is 13.2 Å². The summed E-state index contributed by atoms with van der Waals surface area (Å²) in [5.74, 6) is 3.94. The second-order valence-electron chi connectivity index (χ2n) is 2.96. The molecule has 18 heavy (non-hydrogen) atoms. The molecular formula is C7H4ClF3N6S. The molecule has 11 heteroatoms. The van der Waals surface area contributed by atoms with E-state index in [0.717, 1.165) is 11.8 Å². The van der Waals surface area contributed by atoms with Gasteiger partial charge in [0.05, 0.1) is 17.4 Å². The van der Waals surface area contributed by atoms with Crippen molar-refractivity contribution < 1.29 is 13.2 Å². The van der Waals surface area contributed by atoms with Gasteiger partial charge in [0, 0.05) is 0 Å². The van der Waals surface area contributed by atoms with Gasteiger partial charge in [-0.15, -0.1) is 10.2 Å². The molecular weight excluding hydrogens is 293 g/mol. The molecule has 0 aliphatic rings. The van der Waals surface area contributed by atoms with Crippen LogP contribution >= 0.6 is 23.4 Å². The average Bonchev–Trinajstić information content (AvgIpc) is 2.63. The summed E-state index contributed by atoms with van der Waals surface area (Å²) in [7, 11) is 0. The second kappa shape index (κ2) is 4.61. The van der Waals surface area contributed by atoms with Crippen LogP contribution in [0, 0.1) is 0 Å². The summed E-state index contributed by atoms with van der Waals surface area (Å²) in [6.45, 7) is 0. The van der Waals surface area contributed by atoms with E-state index in [1.165, 1.54) is 12.4 Å². The minimum atomic E-state index is -4.67. The monoisotopic (exact) mass is 296 g/mol. The van der Waals surface area contributed by atoms with Crippen LogP contribution in [0.5, 0.6) is 0 Å². The standard InChI is InChI=1S/C7H4ClF3N6S/c8-3-1-13-5(14-2-3)18-6-16-15-4(17(6)12)7(9,10)11/h1-2H,12H2. The minimum Gasteiger partial charge on any atom is -0.335 e. The number of nitrogens with two attached hydrogens (primary N) is 1. The molecule has 0 unspecified atom stereocenters. The molecule has 0 saturated heterocycles. The first kappa shape index (κ1) is 12.9. The second-order valence-corrected chi connectivity index (χ2v) is 4.33. The van der Waals surface area contributed by atoms with Crippen molar-refractivity contribution in [3.8, 4) is 0 Å². The van der Waals surface area contributed by atoms with Crippen molar-refractivity contribution in [3.05, 3.63) is 23.2 Å². The van der Waals surface area contributed by atoms with Gasteiger partial charge in [0.15, 0.2) is 5.16 Å². The van der Waals surface area contributed by atoms with Gasteiger partial charge in [-0.1, -0.05) is 11.6 Å². The first-order valence-electron chi connectivity index (χ1n) is 4.31. The molecule has 6 nitrogen and oxygen atoms in total. The Hall–Kier alpha value is -1.55. The van der Waals surface area contributed by atoms with E-state index in [0.29, 0.717) is 9.70 Å². The predicted octanol–water partition coefficient (Wildman–Crippen LogP) is 1.61. The van der Waals surface area contributed by atoms with Crippen LogP contribution in [0.1, 0.15) is 5.82 Å². The SMILES string of the molecule is Nn1c(Sc2ncc(Cl)cn2)nnc1C(F)(F)F. The lowest BCUT2D eigenvalue weighted by Crippen LogP contribution is -2.21. The van der Waals surface area contributed by atoms with Crippen molar-refractivity contribution in [2.24, 2.45) is 0 Å². The topological polar surface area (TPSA) is 82.5 Å². The van der Waals surface area contributed by atoms with Crippen LogP contribution in [0.25, 0.3) is 0 Å². The number of hydrogen-bond acceptors (Lipinski definition) is 6. The highest BCUT2D eigenvalue weighted by atomic mass is 35.5. The Labute approximate surface area is 107 Å². The maximum Gasteiger partial charge on any atom is 0.453 e. The minimum absolute atomic E-state index is 0.159. The van der Waals surface area contributed by atoms with Crippen molar-refractivity contribution in [1.82, 2.24) is 24.8 Å². The summed E-state index contributed by atoms with van der Waals surface area (Å²) in [5.41, 5.74) is 0. The van der Waals surface area contributed by atoms with Crippen LogP contribution in [-0.2, 0) is 6.18 Å². The fourth-order valence-electron chi connectivity index (χ4n) is 0.975. The number of alkyl halides is 3. The van der Waals surface area contributed by atoms with Crippen LogP contribution in [0.3, 0.4) is 0 Å². The van der Waals surface area contributed by atoms with E-state index >= 15 is 0 Å². The van der Waals surface area contributed by atoms with E-state index in [1.807, 2.05) is 0 Å². The summed E-state index contributed by atoms with van der Waals surface area (Å²) >= 11 is 6.31. The van der Waals surface area contributed by atoms with Gasteiger partial charge in [-0.3, -0.25) is 0 Å². The molecule has 0 aromatic carbocycles. The molecule has 0 bridgehead atoms. The molecule has 2 aromatic rings. The third-order valence-electron chi connectivity index (χ3n) is 1.70. The van der Waals surface area contributed by atoms with Gasteiger partial charge in [-0.2, -0.15) is 13.2 Å². The van der Waals surface area contributed by atoms with Crippen molar-refractivity contribution in [2.45, 2.75) is 16.5 Å². The number of hydrogen-bond donors (Lipinski definition) is 1. The van der Waals surface area contributed by atoms with E-state index in [1.54, 1.807) is 0 Å². The van der Waals surface area contributed by atoms with E-state index in [-0.39, 0.29) is 10.3 Å². The van der Waals surface area contributed by atoms with Gasteiger partial charge in [0.1, 0.15) is 0 Å². The first-order chi connectivity index (χ1) is 8.38. The largest absolute Gasteiger partial charge is 0.453 e. The number of aromatic nitrogens is 5. The van der Waals surface area contributed by atoms with Crippen molar-refractivity contribution in [1.29, 1.82) is 0 Å². The Morgan fingerprint density at radius 3 is 2.33 bits per heavy atom. The lowest BCUT2D eigenvalue weighted by atomic mass is 10.6. The van der Waals surface area contributed by atoms with Gasteiger partial charge in [-0.05, 0) is 11.8 Å². The summed E-state index contributed by atoms with van der Waals surface area (Å²) in [6, 6.07) is 0. The zero-order chi connectivity index (χ0) is 13.3. The average molecular weight is 297 g/mol. The third kappa shape index (κ3) is 2.64. The molecule has 2 heterocycles. The number of nitrogens with zero attached hydrogens (tertiary/aromatic N) is 5. The first-order valence-corrected chi connectivity index (χ1v) is 5.50. The highest BCUT2D eigenvalue weighted by Crippen LogP contribution is 2.30. The Morgan fingerprint density at radius 1 is 1.22 bits per heavy atom. The van der Waals surface area contributed by atoms with Crippen LogP contribution < -0.4 is 5.84 Å². The molecule has 2 N–H and O–H groups in total. The lowest BCUT2D eigenvalue weighted by Gasteiger charge is -2.05. The van der Waals surface area contributed by atoms with E-state index in [4.69, 9.17) is 17.4 Å². The summed E-state index contributed by atoms with van der Waals surface area (Å²) in [6.07, 6.45) is -2.06. The molecule has 0 spiro atoms. The molecule has 0 atom stereocenters. The van der Waals surface area contributed by atoms with Crippen molar-refractivity contribution >= 4 is 23.4 Å². The molecule has 0 amide bonds. The predicted molar refractivity (Wildman–Crippen MR) is 56.3 cm³/mol. The zero-order valence-corrected chi connectivity index (χ0v) is 9.96. The molecule has 0 radical (unpaired) electrons. The maximum atomic E-state index is 12.4. The zero-order valence-electron chi connectivity index (χ0n) is 8.39. The Kier molecular flexibility index (Phi) is 3.30. The summed E-state index contributed by atoms with van der Waals surface area (Å²) < 4.78 is 37.5. The van der Waals surface area contributed by atoms with Gasteiger partial charge in [0.2, 0.25) is 5.16 Å². The van der Waals surface area contributed by atoms with Gasteiger partial charge >= 0.3 is 6.18 Å². The van der Waals surface area contributed by atoms with E-state index < -0.39 is 12.0 Å². The van der Waals surface area contributed by atoms with Crippen LogP contribution in [0.2, 0.25) is 5.02 Å². The third-order valence-corrected chi connectivity index (χ3v) is 2.75. The van der Waals surface area contributed by atoms with Gasteiger partial charge in [0.25, 0.3) is 5.82 Å². The Balaban J connectivity index is 2.25. The quantitative estimate of drug-likeness (QED) is 0.669. The number of nitrogen functional groups attached to an aromatic ring is 1. The van der Waals surface area contributed by atoms with Gasteiger partial charge in [-0.25, -0.2) is 14.6 Å². The lowest BCUT2D eigenvalue weighted by molar-refractivity contribution is -0.146. The molecule has 0 aliphatic carbocycles. The smallest absolute Gasteiger partial charge is 0.335 e. The normalized spacial score (nSPS) is 11.8. The molecule has 0 saturated carbocycles. The maximum absolute atomic E-state index is 12.4. The fraction of sp³-hybridized carbons (Fsp3) is 0.143. The summed E-state index contributed by atoms with van der Waals surface area (Å²) in [5, 5.41) is 6.57. The Bertz CT molecular complexity index is 553. The fourth-order valence-corrected chi connectivity index (χ4v) is 1.71. The van der Waals surface area contributed by atoms with Crippen LogP contribution in [0.15, 0.2) is 22.7 Å². The summed E-state index contributed by atoms with van der Waals surface area (Å²) in [4.78, 5) is 7.58. The number of halogens is 4. The van der Waals surface area contributed by atoms with E-state index in [2.05, 4.69) is 20.2 Å². The number of rotatable bonds is 2. The van der Waals surface area contributed by atoms with Crippen molar-refractivity contribution in [3.63, 3.8) is 0 Å². The molecule has 96 valence electrons. The molecule has 0 fully saturated rings. The highest BCUT2D eigenvalue weighted by molar-refractivity contribution is 7.99. The van der Waals surface area contributed by atoms with E-state index in [9.17, 15) is 13.2 Å². The Morgan fingerprint density at radius 2 is 1.83 bits per heavy atom. The molecule has 0 aliphatic heterocycles.